The van der Waals surface area contributed by atoms with Crippen molar-refractivity contribution in [2.75, 3.05) is 0 Å². The summed E-state index contributed by atoms with van der Waals surface area (Å²) in [6.45, 7) is 1.36. The van der Waals surface area contributed by atoms with Crippen molar-refractivity contribution in [2.24, 2.45) is 0 Å². The minimum Gasteiger partial charge on any atom is -0.480 e. The summed E-state index contributed by atoms with van der Waals surface area (Å²) in [7, 11) is 0. The quantitative estimate of drug-likeness (QED) is 0.784. The van der Waals surface area contributed by atoms with Crippen molar-refractivity contribution in [3.63, 3.8) is 0 Å². The molecule has 2 aromatic carbocycles. The number of hydrogen-bond acceptors (Lipinski definition) is 4. The predicted molar refractivity (Wildman–Crippen MR) is 96.4 cm³/mol. The molecule has 26 heavy (non-hydrogen) atoms. The lowest BCUT2D eigenvalue weighted by molar-refractivity contribution is -0.140. The fourth-order valence-corrected chi connectivity index (χ4v) is 2.70. The molecule has 0 bridgehead atoms. The maximum absolute atomic E-state index is 12.7. The van der Waals surface area contributed by atoms with E-state index in [0.717, 1.165) is 4.68 Å². The molecule has 1 heterocycles. The first-order valence-corrected chi connectivity index (χ1v) is 7.95. The van der Waals surface area contributed by atoms with Crippen LogP contribution in [0.5, 0.6) is 0 Å². The van der Waals surface area contributed by atoms with Gasteiger partial charge in [0.2, 0.25) is 0 Å². The molecule has 1 aromatic heterocycles. The molecule has 0 aliphatic carbocycles. The fraction of sp³-hybridized carbons (Fsp3) is 0.100. The third kappa shape index (κ3) is 2.98. The Balaban J connectivity index is 2.43. The monoisotopic (exact) mass is 345 g/mol. The topological polar surface area (TPSA) is 96.0 Å². The second-order valence-corrected chi connectivity index (χ2v) is 5.71. The van der Waals surface area contributed by atoms with Crippen molar-refractivity contribution in [2.45, 2.75) is 13.0 Å². The Morgan fingerprint density at radius 2 is 1.62 bits per heavy atom. The first-order valence-electron chi connectivity index (χ1n) is 7.95. The second kappa shape index (κ2) is 7.03. The number of carboxylic acid groups (broad SMARTS) is 1. The Morgan fingerprint density at radius 3 is 2.12 bits per heavy atom. The van der Waals surface area contributed by atoms with Crippen LogP contribution < -0.4 is 5.56 Å². The number of carboxylic acids is 1. The van der Waals surface area contributed by atoms with Gasteiger partial charge in [0, 0.05) is 11.1 Å². The van der Waals surface area contributed by atoms with Gasteiger partial charge >= 0.3 is 5.97 Å². The lowest BCUT2D eigenvalue weighted by atomic mass is 9.96. The molecule has 0 saturated heterocycles. The van der Waals surface area contributed by atoms with Gasteiger partial charge in [0.05, 0.1) is 0 Å². The SMILES string of the molecule is CC(C(=O)O)n1nc(-c2ccccc2)c(-c2ccccc2)c(C#N)c1=O. The van der Waals surface area contributed by atoms with Crippen molar-refractivity contribution < 1.29 is 9.90 Å². The van der Waals surface area contributed by atoms with Crippen LogP contribution >= 0.6 is 0 Å². The van der Waals surface area contributed by atoms with E-state index in [-0.39, 0.29) is 5.56 Å². The van der Waals surface area contributed by atoms with Crippen molar-refractivity contribution in [3.8, 4) is 28.5 Å². The van der Waals surface area contributed by atoms with Gasteiger partial charge in [-0.15, -0.1) is 0 Å². The molecule has 3 rings (SSSR count). The highest BCUT2D eigenvalue weighted by Gasteiger charge is 2.24. The minimum atomic E-state index is -1.20. The van der Waals surface area contributed by atoms with Gasteiger partial charge in [-0.25, -0.2) is 9.48 Å². The van der Waals surface area contributed by atoms with E-state index >= 15 is 0 Å². The number of carbonyl (C=O) groups is 1. The van der Waals surface area contributed by atoms with Crippen LogP contribution in [0, 0.1) is 11.3 Å². The van der Waals surface area contributed by atoms with E-state index in [9.17, 15) is 20.0 Å². The van der Waals surface area contributed by atoms with Crippen molar-refractivity contribution in [1.29, 1.82) is 5.26 Å². The summed E-state index contributed by atoms with van der Waals surface area (Å²) < 4.78 is 0.857. The summed E-state index contributed by atoms with van der Waals surface area (Å²) in [4.78, 5) is 24.1. The van der Waals surface area contributed by atoms with Crippen LogP contribution in [-0.4, -0.2) is 20.9 Å². The smallest absolute Gasteiger partial charge is 0.328 e. The van der Waals surface area contributed by atoms with E-state index in [0.29, 0.717) is 22.4 Å². The van der Waals surface area contributed by atoms with E-state index in [2.05, 4.69) is 5.10 Å². The van der Waals surface area contributed by atoms with Crippen LogP contribution in [0.3, 0.4) is 0 Å². The van der Waals surface area contributed by atoms with E-state index in [1.807, 2.05) is 30.3 Å². The zero-order valence-corrected chi connectivity index (χ0v) is 14.0. The van der Waals surface area contributed by atoms with Gasteiger partial charge in [0.15, 0.2) is 6.04 Å². The zero-order chi connectivity index (χ0) is 18.7. The van der Waals surface area contributed by atoms with Crippen molar-refractivity contribution >= 4 is 5.97 Å². The molecule has 0 saturated carbocycles. The molecular weight excluding hydrogens is 330 g/mol. The van der Waals surface area contributed by atoms with E-state index in [4.69, 9.17) is 0 Å². The second-order valence-electron chi connectivity index (χ2n) is 5.71. The molecule has 0 aliphatic heterocycles. The molecule has 6 heteroatoms. The minimum absolute atomic E-state index is 0.127. The van der Waals surface area contributed by atoms with Crippen LogP contribution in [0.15, 0.2) is 65.5 Å². The lowest BCUT2D eigenvalue weighted by Gasteiger charge is -2.16. The number of hydrogen-bond donors (Lipinski definition) is 1. The summed E-state index contributed by atoms with van der Waals surface area (Å²) in [5, 5.41) is 23.2. The van der Waals surface area contributed by atoms with Gasteiger partial charge in [-0.05, 0) is 12.5 Å². The summed E-state index contributed by atoms with van der Waals surface area (Å²) >= 11 is 0. The van der Waals surface area contributed by atoms with Crippen molar-refractivity contribution in [3.05, 3.63) is 76.6 Å². The summed E-state index contributed by atoms with van der Waals surface area (Å²) in [5.41, 5.74) is 1.30. The summed E-state index contributed by atoms with van der Waals surface area (Å²) in [6, 6.07) is 18.8. The molecule has 0 fully saturated rings. The Bertz CT molecular complexity index is 1050. The highest BCUT2D eigenvalue weighted by Crippen LogP contribution is 2.31. The highest BCUT2D eigenvalue weighted by molar-refractivity contribution is 5.84. The highest BCUT2D eigenvalue weighted by atomic mass is 16.4. The van der Waals surface area contributed by atoms with Crippen LogP contribution in [0.25, 0.3) is 22.4 Å². The van der Waals surface area contributed by atoms with Gasteiger partial charge < -0.3 is 5.11 Å². The van der Waals surface area contributed by atoms with Gasteiger partial charge in [-0.1, -0.05) is 60.7 Å². The van der Waals surface area contributed by atoms with Crippen LogP contribution in [0.2, 0.25) is 0 Å². The van der Waals surface area contributed by atoms with E-state index in [1.54, 1.807) is 36.4 Å². The Hall–Kier alpha value is -3.72. The number of aromatic nitrogens is 2. The maximum Gasteiger partial charge on any atom is 0.328 e. The fourth-order valence-electron chi connectivity index (χ4n) is 2.70. The van der Waals surface area contributed by atoms with Gasteiger partial charge in [0.25, 0.3) is 5.56 Å². The number of aliphatic carboxylic acids is 1. The molecule has 0 spiro atoms. The Kier molecular flexibility index (Phi) is 4.63. The number of nitrogens with zero attached hydrogens (tertiary/aromatic N) is 3. The maximum atomic E-state index is 12.7. The summed E-state index contributed by atoms with van der Waals surface area (Å²) in [5.74, 6) is -1.20. The van der Waals surface area contributed by atoms with Gasteiger partial charge in [-0.3, -0.25) is 4.79 Å². The Labute approximate surface area is 149 Å². The molecule has 1 unspecified atom stereocenters. The number of nitriles is 1. The Morgan fingerprint density at radius 1 is 1.08 bits per heavy atom. The first kappa shape index (κ1) is 17.1. The largest absolute Gasteiger partial charge is 0.480 e. The lowest BCUT2D eigenvalue weighted by Crippen LogP contribution is -2.33. The first-order chi connectivity index (χ1) is 12.5. The number of rotatable bonds is 4. The predicted octanol–water partition coefficient (Wildman–Crippen LogP) is 3.09. The van der Waals surface area contributed by atoms with Crippen LogP contribution in [0.4, 0.5) is 0 Å². The molecule has 0 radical (unpaired) electrons. The van der Waals surface area contributed by atoms with Crippen molar-refractivity contribution in [1.82, 2.24) is 9.78 Å². The zero-order valence-electron chi connectivity index (χ0n) is 14.0. The van der Waals surface area contributed by atoms with E-state index in [1.165, 1.54) is 6.92 Å². The summed E-state index contributed by atoms with van der Waals surface area (Å²) in [6.07, 6.45) is 0. The molecule has 1 N–H and O–H groups in total. The molecular formula is C20H15N3O3. The third-order valence-electron chi connectivity index (χ3n) is 4.06. The van der Waals surface area contributed by atoms with Gasteiger partial charge in [-0.2, -0.15) is 10.4 Å². The number of benzene rings is 2. The average molecular weight is 345 g/mol. The molecule has 0 aliphatic rings. The third-order valence-corrected chi connectivity index (χ3v) is 4.06. The molecule has 6 nitrogen and oxygen atoms in total. The normalized spacial score (nSPS) is 11.5. The molecule has 1 atom stereocenters. The van der Waals surface area contributed by atoms with Crippen LogP contribution in [-0.2, 0) is 4.79 Å². The standard InChI is InChI=1S/C20H15N3O3/c1-13(20(25)26)23-19(24)16(12-21)17(14-8-4-2-5-9-14)18(22-23)15-10-6-3-7-11-15/h2-11,13H,1H3,(H,25,26). The molecule has 0 amide bonds. The average Bonchev–Trinajstić information content (AvgIpc) is 2.68. The van der Waals surface area contributed by atoms with Gasteiger partial charge in [0.1, 0.15) is 17.3 Å². The van der Waals surface area contributed by atoms with Crippen LogP contribution in [0.1, 0.15) is 18.5 Å². The molecule has 128 valence electrons. The van der Waals surface area contributed by atoms with E-state index < -0.39 is 17.6 Å². The molecule has 3 aromatic rings.